The van der Waals surface area contributed by atoms with Gasteiger partial charge < -0.3 is 15.5 Å². The Kier molecular flexibility index (Phi) is 5.90. The summed E-state index contributed by atoms with van der Waals surface area (Å²) in [6, 6.07) is 10.3. The van der Waals surface area contributed by atoms with Crippen LogP contribution in [0.4, 0.5) is 10.5 Å². The molecule has 2 aromatic carbocycles. The highest BCUT2D eigenvalue weighted by molar-refractivity contribution is 8.18. The summed E-state index contributed by atoms with van der Waals surface area (Å²) in [6.45, 7) is -0.536. The highest BCUT2D eigenvalue weighted by Crippen LogP contribution is 2.33. The summed E-state index contributed by atoms with van der Waals surface area (Å²) >= 11 is 6.75. The van der Waals surface area contributed by atoms with E-state index in [9.17, 15) is 24.3 Å². The molecule has 0 bridgehead atoms. The first kappa shape index (κ1) is 20.4. The zero-order valence-electron chi connectivity index (χ0n) is 14.6. The Balaban J connectivity index is 1.70. The van der Waals surface area contributed by atoms with Crippen molar-refractivity contribution in [2.24, 2.45) is 0 Å². The lowest BCUT2D eigenvalue weighted by atomic mass is 10.2. The van der Waals surface area contributed by atoms with Crippen molar-refractivity contribution < 1.29 is 29.4 Å². The Bertz CT molecular complexity index is 1070. The van der Waals surface area contributed by atoms with Crippen molar-refractivity contribution in [2.45, 2.75) is 0 Å². The van der Waals surface area contributed by atoms with E-state index in [1.165, 1.54) is 12.1 Å². The number of nitrogens with one attached hydrogen (secondary N) is 1. The number of anilines is 1. The van der Waals surface area contributed by atoms with E-state index < -0.39 is 35.3 Å². The van der Waals surface area contributed by atoms with Crippen LogP contribution in [0.2, 0.25) is 5.02 Å². The Labute approximate surface area is 173 Å². The molecule has 3 amide bonds. The topological polar surface area (TPSA) is 124 Å². The highest BCUT2D eigenvalue weighted by atomic mass is 35.5. The fourth-order valence-corrected chi connectivity index (χ4v) is 3.52. The number of hydrogen-bond acceptors (Lipinski definition) is 6. The largest absolute Gasteiger partial charge is 0.507 e. The molecule has 3 rings (SSSR count). The molecule has 10 heteroatoms. The molecule has 0 aliphatic carbocycles. The number of carboxylic acids is 1. The van der Waals surface area contributed by atoms with Crippen LogP contribution in [-0.2, 0) is 9.59 Å². The summed E-state index contributed by atoms with van der Waals surface area (Å²) in [5, 5.41) is 20.8. The van der Waals surface area contributed by atoms with Crippen molar-refractivity contribution >= 4 is 58.1 Å². The van der Waals surface area contributed by atoms with Crippen molar-refractivity contribution in [2.75, 3.05) is 11.9 Å². The van der Waals surface area contributed by atoms with E-state index in [1.807, 2.05) is 0 Å². The molecule has 0 aromatic heterocycles. The maximum Gasteiger partial charge on any atom is 0.339 e. The molecule has 1 fully saturated rings. The SMILES string of the molecule is O=C(CN1C(=O)S/C(=C\c2ccccc2Cl)C1=O)Nc1ccc(C(=O)O)c(O)c1. The minimum atomic E-state index is -1.32. The second-order valence-electron chi connectivity index (χ2n) is 5.87. The number of phenols is 1. The average molecular weight is 433 g/mol. The third kappa shape index (κ3) is 4.58. The van der Waals surface area contributed by atoms with E-state index in [4.69, 9.17) is 16.7 Å². The van der Waals surface area contributed by atoms with Gasteiger partial charge in [-0.2, -0.15) is 0 Å². The third-order valence-corrected chi connectivity index (χ3v) is 5.13. The van der Waals surface area contributed by atoms with E-state index >= 15 is 0 Å². The van der Waals surface area contributed by atoms with Crippen LogP contribution in [0.15, 0.2) is 47.4 Å². The lowest BCUT2D eigenvalue weighted by Gasteiger charge is -2.13. The van der Waals surface area contributed by atoms with Gasteiger partial charge in [0.15, 0.2) is 0 Å². The number of aromatic hydroxyl groups is 1. The number of carbonyl (C=O) groups is 4. The van der Waals surface area contributed by atoms with Crippen LogP contribution in [0.5, 0.6) is 5.75 Å². The van der Waals surface area contributed by atoms with Gasteiger partial charge in [0.1, 0.15) is 17.9 Å². The van der Waals surface area contributed by atoms with Gasteiger partial charge >= 0.3 is 5.97 Å². The van der Waals surface area contributed by atoms with Gasteiger partial charge in [-0.15, -0.1) is 0 Å². The molecular formula is C19H13ClN2O6S. The molecule has 148 valence electrons. The number of amides is 3. The molecule has 0 spiro atoms. The molecule has 1 heterocycles. The number of thioether (sulfide) groups is 1. The van der Waals surface area contributed by atoms with Gasteiger partial charge in [0.25, 0.3) is 11.1 Å². The number of nitrogens with zero attached hydrogens (tertiary/aromatic N) is 1. The summed E-state index contributed by atoms with van der Waals surface area (Å²) in [5.74, 6) is -3.15. The van der Waals surface area contributed by atoms with Gasteiger partial charge in [0.05, 0.1) is 4.91 Å². The van der Waals surface area contributed by atoms with Gasteiger partial charge in [-0.1, -0.05) is 29.8 Å². The van der Waals surface area contributed by atoms with Crippen LogP contribution in [0.25, 0.3) is 6.08 Å². The summed E-state index contributed by atoms with van der Waals surface area (Å²) in [7, 11) is 0. The second-order valence-corrected chi connectivity index (χ2v) is 7.28. The number of imide groups is 1. The molecule has 8 nitrogen and oxygen atoms in total. The lowest BCUT2D eigenvalue weighted by Crippen LogP contribution is -2.36. The van der Waals surface area contributed by atoms with Gasteiger partial charge in [-0.05, 0) is 41.6 Å². The third-order valence-electron chi connectivity index (χ3n) is 3.88. The van der Waals surface area contributed by atoms with Crippen molar-refractivity contribution in [3.63, 3.8) is 0 Å². The summed E-state index contributed by atoms with van der Waals surface area (Å²) in [6.07, 6.45) is 1.48. The van der Waals surface area contributed by atoms with Crippen molar-refractivity contribution in [1.82, 2.24) is 4.90 Å². The Morgan fingerprint density at radius 1 is 1.17 bits per heavy atom. The molecule has 0 radical (unpaired) electrons. The maximum absolute atomic E-state index is 12.5. The van der Waals surface area contributed by atoms with E-state index in [2.05, 4.69) is 5.32 Å². The van der Waals surface area contributed by atoms with Crippen molar-refractivity contribution in [1.29, 1.82) is 0 Å². The first-order valence-electron chi connectivity index (χ1n) is 8.12. The maximum atomic E-state index is 12.5. The van der Waals surface area contributed by atoms with Gasteiger partial charge in [0, 0.05) is 16.8 Å². The van der Waals surface area contributed by atoms with Crippen LogP contribution in [0, 0.1) is 0 Å². The highest BCUT2D eigenvalue weighted by Gasteiger charge is 2.36. The Morgan fingerprint density at radius 3 is 2.55 bits per heavy atom. The minimum absolute atomic E-state index is 0.121. The van der Waals surface area contributed by atoms with E-state index in [0.29, 0.717) is 22.3 Å². The zero-order valence-corrected chi connectivity index (χ0v) is 16.2. The predicted molar refractivity (Wildman–Crippen MR) is 108 cm³/mol. The Morgan fingerprint density at radius 2 is 1.90 bits per heavy atom. The number of rotatable bonds is 5. The Hall–Kier alpha value is -3.30. The van der Waals surface area contributed by atoms with Crippen LogP contribution >= 0.6 is 23.4 Å². The van der Waals surface area contributed by atoms with Gasteiger partial charge in [0.2, 0.25) is 5.91 Å². The van der Waals surface area contributed by atoms with E-state index in [0.717, 1.165) is 17.0 Å². The normalized spacial score (nSPS) is 15.1. The smallest absolute Gasteiger partial charge is 0.339 e. The number of aromatic carboxylic acids is 1. The van der Waals surface area contributed by atoms with Crippen molar-refractivity contribution in [3.05, 3.63) is 63.5 Å². The molecule has 29 heavy (non-hydrogen) atoms. The molecule has 0 atom stereocenters. The summed E-state index contributed by atoms with van der Waals surface area (Å²) in [5.41, 5.74) is 0.368. The van der Waals surface area contributed by atoms with Crippen molar-refractivity contribution in [3.8, 4) is 5.75 Å². The molecule has 3 N–H and O–H groups in total. The van der Waals surface area contributed by atoms with Crippen LogP contribution in [0.3, 0.4) is 0 Å². The number of hydrogen-bond donors (Lipinski definition) is 3. The number of benzene rings is 2. The fraction of sp³-hybridized carbons (Fsp3) is 0.0526. The van der Waals surface area contributed by atoms with Gasteiger partial charge in [-0.25, -0.2) is 4.79 Å². The minimum Gasteiger partial charge on any atom is -0.507 e. The summed E-state index contributed by atoms with van der Waals surface area (Å²) < 4.78 is 0. The van der Waals surface area contributed by atoms with Gasteiger partial charge in [-0.3, -0.25) is 19.3 Å². The quantitative estimate of drug-likeness (QED) is 0.618. The van der Waals surface area contributed by atoms with Crippen LogP contribution < -0.4 is 5.32 Å². The summed E-state index contributed by atoms with van der Waals surface area (Å²) in [4.78, 5) is 48.6. The first-order valence-corrected chi connectivity index (χ1v) is 9.32. The molecular weight excluding hydrogens is 420 g/mol. The lowest BCUT2D eigenvalue weighted by molar-refractivity contribution is -0.127. The van der Waals surface area contributed by atoms with Crippen LogP contribution in [0.1, 0.15) is 15.9 Å². The average Bonchev–Trinajstić information content (AvgIpc) is 2.91. The molecule has 1 aliphatic heterocycles. The molecule has 0 unspecified atom stereocenters. The molecule has 1 aliphatic rings. The number of carboxylic acid groups (broad SMARTS) is 1. The number of halogens is 1. The van der Waals surface area contributed by atoms with E-state index in [1.54, 1.807) is 24.3 Å². The first-order chi connectivity index (χ1) is 13.8. The monoisotopic (exact) mass is 432 g/mol. The molecule has 0 saturated carbocycles. The number of carbonyl (C=O) groups excluding carboxylic acids is 3. The fourth-order valence-electron chi connectivity index (χ4n) is 2.50. The predicted octanol–water partition coefficient (Wildman–Crippen LogP) is 3.42. The van der Waals surface area contributed by atoms with Crippen LogP contribution in [-0.4, -0.2) is 44.7 Å². The second kappa shape index (κ2) is 8.38. The zero-order chi connectivity index (χ0) is 21.1. The molecule has 2 aromatic rings. The van der Waals surface area contributed by atoms with E-state index in [-0.39, 0.29) is 16.2 Å². The standard InChI is InChI=1S/C19H13ClN2O6S/c20-13-4-2-1-3-10(13)7-15-17(25)22(19(28)29-15)9-16(24)21-11-5-6-12(18(26)27)14(23)8-11/h1-8,23H,9H2,(H,21,24)(H,26,27)/b15-7-. The molecule has 1 saturated heterocycles.